The number of imidazole rings is 1. The van der Waals surface area contributed by atoms with E-state index in [4.69, 9.17) is 11.6 Å². The van der Waals surface area contributed by atoms with Gasteiger partial charge in [-0.1, -0.05) is 35.9 Å². The second kappa shape index (κ2) is 5.70. The van der Waals surface area contributed by atoms with E-state index in [-0.39, 0.29) is 5.91 Å². The van der Waals surface area contributed by atoms with Crippen LogP contribution in [0.4, 0.5) is 0 Å². The first-order valence-corrected chi connectivity index (χ1v) is 8.04. The molecule has 1 saturated heterocycles. The molecule has 1 aromatic heterocycles. The fourth-order valence-corrected chi connectivity index (χ4v) is 3.04. The lowest BCUT2D eigenvalue weighted by atomic mass is 9.98. The van der Waals surface area contributed by atoms with Gasteiger partial charge in [-0.2, -0.15) is 0 Å². The molecule has 2 heterocycles. The maximum absolute atomic E-state index is 12.3. The van der Waals surface area contributed by atoms with E-state index in [9.17, 15) is 4.79 Å². The molecule has 0 unspecified atom stereocenters. The standard InChI is InChI=1S/C18H16ClN3O/c19-14-7-5-12(6-8-14)9-17(23)22-10-13(11-22)18-20-15-3-1-2-4-16(15)21-18/h1-8,13H,9-11H2,(H,20,21). The van der Waals surface area contributed by atoms with Crippen molar-refractivity contribution in [3.63, 3.8) is 0 Å². The fourth-order valence-electron chi connectivity index (χ4n) is 2.91. The fraction of sp³-hybridized carbons (Fsp3) is 0.222. The average Bonchev–Trinajstić information content (AvgIpc) is 2.91. The maximum atomic E-state index is 12.3. The van der Waals surface area contributed by atoms with Crippen molar-refractivity contribution in [1.29, 1.82) is 0 Å². The lowest BCUT2D eigenvalue weighted by molar-refractivity contribution is -0.134. The Labute approximate surface area is 139 Å². The molecule has 0 spiro atoms. The van der Waals surface area contributed by atoms with Gasteiger partial charge in [0.25, 0.3) is 0 Å². The molecule has 4 rings (SSSR count). The van der Waals surface area contributed by atoms with Crippen LogP contribution in [0.1, 0.15) is 17.3 Å². The minimum absolute atomic E-state index is 0.152. The normalized spacial score (nSPS) is 14.9. The van der Waals surface area contributed by atoms with Crippen LogP contribution in [0, 0.1) is 0 Å². The highest BCUT2D eigenvalue weighted by atomic mass is 35.5. The summed E-state index contributed by atoms with van der Waals surface area (Å²) in [6.07, 6.45) is 0.421. The Morgan fingerprint density at radius 2 is 1.91 bits per heavy atom. The third-order valence-corrected chi connectivity index (χ3v) is 4.55. The third-order valence-electron chi connectivity index (χ3n) is 4.30. The van der Waals surface area contributed by atoms with Crippen molar-refractivity contribution in [2.24, 2.45) is 0 Å². The second-order valence-electron chi connectivity index (χ2n) is 5.94. The summed E-state index contributed by atoms with van der Waals surface area (Å²) in [6.45, 7) is 1.46. The number of aromatic nitrogens is 2. The molecule has 0 bridgehead atoms. The molecule has 0 saturated carbocycles. The maximum Gasteiger partial charge on any atom is 0.227 e. The van der Waals surface area contributed by atoms with E-state index >= 15 is 0 Å². The number of aromatic amines is 1. The van der Waals surface area contributed by atoms with Crippen LogP contribution in [-0.4, -0.2) is 33.9 Å². The highest BCUT2D eigenvalue weighted by Crippen LogP contribution is 2.27. The lowest BCUT2D eigenvalue weighted by Crippen LogP contribution is -2.49. The van der Waals surface area contributed by atoms with Crippen LogP contribution in [0.3, 0.4) is 0 Å². The monoisotopic (exact) mass is 325 g/mol. The molecule has 23 heavy (non-hydrogen) atoms. The molecule has 3 aromatic rings. The van der Waals surface area contributed by atoms with Gasteiger partial charge in [0.1, 0.15) is 5.82 Å². The van der Waals surface area contributed by atoms with E-state index in [1.54, 1.807) is 0 Å². The Bertz CT molecular complexity index is 817. The number of hydrogen-bond donors (Lipinski definition) is 1. The summed E-state index contributed by atoms with van der Waals surface area (Å²) in [5.41, 5.74) is 3.02. The minimum Gasteiger partial charge on any atom is -0.342 e. The van der Waals surface area contributed by atoms with Crippen LogP contribution in [0.2, 0.25) is 5.02 Å². The predicted octanol–water partition coefficient (Wildman–Crippen LogP) is 3.38. The number of nitrogens with one attached hydrogen (secondary N) is 1. The van der Waals surface area contributed by atoms with E-state index in [2.05, 4.69) is 9.97 Å². The molecular weight excluding hydrogens is 310 g/mol. The van der Waals surface area contributed by atoms with Crippen LogP contribution >= 0.6 is 11.6 Å². The van der Waals surface area contributed by atoms with Gasteiger partial charge in [-0.25, -0.2) is 4.98 Å². The summed E-state index contributed by atoms with van der Waals surface area (Å²) in [5, 5.41) is 0.690. The zero-order valence-corrected chi connectivity index (χ0v) is 13.3. The van der Waals surface area contributed by atoms with Gasteiger partial charge in [-0.3, -0.25) is 4.79 Å². The number of benzene rings is 2. The van der Waals surface area contributed by atoms with Gasteiger partial charge < -0.3 is 9.88 Å². The Kier molecular flexibility index (Phi) is 3.54. The Hall–Kier alpha value is -2.33. The first kappa shape index (κ1) is 14.3. The van der Waals surface area contributed by atoms with Crippen molar-refractivity contribution in [2.45, 2.75) is 12.3 Å². The van der Waals surface area contributed by atoms with Crippen LogP contribution < -0.4 is 0 Å². The van der Waals surface area contributed by atoms with Crippen molar-refractivity contribution >= 4 is 28.5 Å². The van der Waals surface area contributed by atoms with Gasteiger partial charge in [0.05, 0.1) is 23.4 Å². The first-order valence-electron chi connectivity index (χ1n) is 7.66. The summed E-state index contributed by atoms with van der Waals surface area (Å²) < 4.78 is 0. The number of carbonyl (C=O) groups is 1. The molecule has 0 atom stereocenters. The third kappa shape index (κ3) is 2.82. The number of hydrogen-bond acceptors (Lipinski definition) is 2. The van der Waals surface area contributed by atoms with E-state index in [0.717, 1.165) is 35.5 Å². The van der Waals surface area contributed by atoms with Gasteiger partial charge in [0.15, 0.2) is 0 Å². The number of amides is 1. The molecular formula is C18H16ClN3O. The molecule has 0 radical (unpaired) electrons. The van der Waals surface area contributed by atoms with Crippen molar-refractivity contribution in [1.82, 2.24) is 14.9 Å². The smallest absolute Gasteiger partial charge is 0.227 e. The molecule has 4 nitrogen and oxygen atoms in total. The van der Waals surface area contributed by atoms with Crippen LogP contribution in [0.25, 0.3) is 11.0 Å². The lowest BCUT2D eigenvalue weighted by Gasteiger charge is -2.38. The number of para-hydroxylation sites is 2. The predicted molar refractivity (Wildman–Crippen MR) is 90.6 cm³/mol. The molecule has 1 aliphatic heterocycles. The zero-order valence-electron chi connectivity index (χ0n) is 12.5. The largest absolute Gasteiger partial charge is 0.342 e. The Morgan fingerprint density at radius 3 is 2.65 bits per heavy atom. The molecule has 0 aliphatic carbocycles. The van der Waals surface area contributed by atoms with Crippen molar-refractivity contribution in [3.05, 3.63) is 64.9 Å². The van der Waals surface area contributed by atoms with Crippen molar-refractivity contribution in [2.75, 3.05) is 13.1 Å². The van der Waals surface area contributed by atoms with Gasteiger partial charge >= 0.3 is 0 Å². The van der Waals surface area contributed by atoms with Crippen molar-refractivity contribution < 1.29 is 4.79 Å². The molecule has 116 valence electrons. The molecule has 1 aliphatic rings. The SMILES string of the molecule is O=C(Cc1ccc(Cl)cc1)N1CC(c2nc3ccccc3[nH]2)C1. The van der Waals surface area contributed by atoms with Gasteiger partial charge in [0.2, 0.25) is 5.91 Å². The Balaban J connectivity index is 1.38. The quantitative estimate of drug-likeness (QED) is 0.802. The zero-order chi connectivity index (χ0) is 15.8. The van der Waals surface area contributed by atoms with Gasteiger partial charge in [-0.15, -0.1) is 0 Å². The minimum atomic E-state index is 0.152. The number of fused-ring (bicyclic) bond motifs is 1. The number of H-pyrrole nitrogens is 1. The molecule has 1 N–H and O–H groups in total. The highest BCUT2D eigenvalue weighted by molar-refractivity contribution is 6.30. The number of nitrogens with zero attached hydrogens (tertiary/aromatic N) is 2. The number of halogens is 1. The van der Waals surface area contributed by atoms with Crippen LogP contribution in [-0.2, 0) is 11.2 Å². The molecule has 5 heteroatoms. The molecule has 1 fully saturated rings. The summed E-state index contributed by atoms with van der Waals surface area (Å²) in [7, 11) is 0. The van der Waals surface area contributed by atoms with Crippen LogP contribution in [0.5, 0.6) is 0 Å². The number of likely N-dealkylation sites (tertiary alicyclic amines) is 1. The van der Waals surface area contributed by atoms with Crippen LogP contribution in [0.15, 0.2) is 48.5 Å². The average molecular weight is 326 g/mol. The summed E-state index contributed by atoms with van der Waals surface area (Å²) >= 11 is 5.86. The van der Waals surface area contributed by atoms with Gasteiger partial charge in [0, 0.05) is 18.1 Å². The van der Waals surface area contributed by atoms with Gasteiger partial charge in [-0.05, 0) is 29.8 Å². The summed E-state index contributed by atoms with van der Waals surface area (Å²) in [6, 6.07) is 15.4. The summed E-state index contributed by atoms with van der Waals surface area (Å²) in [4.78, 5) is 22.1. The van der Waals surface area contributed by atoms with Crippen molar-refractivity contribution in [3.8, 4) is 0 Å². The Morgan fingerprint density at radius 1 is 1.17 bits per heavy atom. The van der Waals surface area contributed by atoms with E-state index in [0.29, 0.717) is 17.4 Å². The number of rotatable bonds is 3. The molecule has 2 aromatic carbocycles. The summed E-state index contributed by atoms with van der Waals surface area (Å²) in [5.74, 6) is 1.43. The number of carbonyl (C=O) groups excluding carboxylic acids is 1. The second-order valence-corrected chi connectivity index (χ2v) is 6.37. The first-order chi connectivity index (χ1) is 11.2. The highest BCUT2D eigenvalue weighted by Gasteiger charge is 2.33. The topological polar surface area (TPSA) is 49.0 Å². The van der Waals surface area contributed by atoms with E-state index in [1.807, 2.05) is 53.4 Å². The van der Waals surface area contributed by atoms with E-state index < -0.39 is 0 Å². The van der Waals surface area contributed by atoms with E-state index in [1.165, 1.54) is 0 Å². The molecule has 1 amide bonds.